The van der Waals surface area contributed by atoms with E-state index in [0.717, 1.165) is 17.0 Å². The van der Waals surface area contributed by atoms with Crippen LogP contribution in [0, 0.1) is 12.8 Å². The standard InChI is InChI=1S/C14H22N2O4S/c1-9(2)7-11(13(18)20-4)15-12(17)5-6-16-10(3)8-21-14(16)19/h8-9,11H,5-7H2,1-4H3,(H,15,17)/t11-/m0/s1. The fraction of sp³-hybridized carbons (Fsp3) is 0.643. The monoisotopic (exact) mass is 314 g/mol. The zero-order valence-electron chi connectivity index (χ0n) is 12.8. The number of rotatable bonds is 7. The van der Waals surface area contributed by atoms with Gasteiger partial charge in [-0.2, -0.15) is 0 Å². The third-order valence-corrected chi connectivity index (χ3v) is 3.95. The maximum atomic E-state index is 11.9. The number of carbonyl (C=O) groups is 2. The molecule has 7 heteroatoms. The Balaban J connectivity index is 2.58. The van der Waals surface area contributed by atoms with Gasteiger partial charge in [-0.15, -0.1) is 0 Å². The molecule has 0 spiro atoms. The summed E-state index contributed by atoms with van der Waals surface area (Å²) in [5.74, 6) is -0.444. The van der Waals surface area contributed by atoms with E-state index in [9.17, 15) is 14.4 Å². The summed E-state index contributed by atoms with van der Waals surface area (Å²) >= 11 is 1.12. The third kappa shape index (κ3) is 5.34. The van der Waals surface area contributed by atoms with Crippen molar-refractivity contribution in [3.63, 3.8) is 0 Å². The van der Waals surface area contributed by atoms with Crippen molar-refractivity contribution in [3.8, 4) is 0 Å². The van der Waals surface area contributed by atoms with Gasteiger partial charge in [-0.25, -0.2) is 4.79 Å². The first-order valence-corrected chi connectivity index (χ1v) is 7.75. The summed E-state index contributed by atoms with van der Waals surface area (Å²) in [5, 5.41) is 4.44. The van der Waals surface area contributed by atoms with Gasteiger partial charge in [0.15, 0.2) is 0 Å². The van der Waals surface area contributed by atoms with E-state index < -0.39 is 12.0 Å². The summed E-state index contributed by atoms with van der Waals surface area (Å²) in [7, 11) is 1.30. The van der Waals surface area contributed by atoms with Gasteiger partial charge in [-0.1, -0.05) is 25.2 Å². The van der Waals surface area contributed by atoms with Crippen LogP contribution in [0.25, 0.3) is 0 Å². The largest absolute Gasteiger partial charge is 0.467 e. The minimum atomic E-state index is -0.636. The molecule has 1 heterocycles. The Labute approximate surface area is 128 Å². The number of nitrogens with one attached hydrogen (secondary N) is 1. The predicted octanol–water partition coefficient (Wildman–Crippen LogP) is 1.31. The van der Waals surface area contributed by atoms with Crippen LogP contribution >= 0.6 is 11.3 Å². The summed E-state index contributed by atoms with van der Waals surface area (Å²) < 4.78 is 6.25. The van der Waals surface area contributed by atoms with Gasteiger partial charge in [0.2, 0.25) is 5.91 Å². The van der Waals surface area contributed by atoms with Gasteiger partial charge in [0.05, 0.1) is 7.11 Å². The summed E-state index contributed by atoms with van der Waals surface area (Å²) in [6.07, 6.45) is 0.679. The normalized spacial score (nSPS) is 12.2. The van der Waals surface area contributed by atoms with Crippen molar-refractivity contribution in [2.75, 3.05) is 7.11 Å². The van der Waals surface area contributed by atoms with Crippen molar-refractivity contribution < 1.29 is 14.3 Å². The van der Waals surface area contributed by atoms with Crippen molar-refractivity contribution in [2.24, 2.45) is 5.92 Å². The van der Waals surface area contributed by atoms with E-state index in [1.165, 1.54) is 7.11 Å². The highest BCUT2D eigenvalue weighted by atomic mass is 32.1. The second-order valence-electron chi connectivity index (χ2n) is 5.32. The first kappa shape index (κ1) is 17.4. The van der Waals surface area contributed by atoms with Gasteiger partial charge >= 0.3 is 10.8 Å². The average Bonchev–Trinajstić information content (AvgIpc) is 2.73. The van der Waals surface area contributed by atoms with Crippen molar-refractivity contribution >= 4 is 23.2 Å². The lowest BCUT2D eigenvalue weighted by molar-refractivity contribution is -0.145. The highest BCUT2D eigenvalue weighted by Gasteiger charge is 2.22. The number of ether oxygens (including phenoxy) is 1. The van der Waals surface area contributed by atoms with Crippen LogP contribution in [0.3, 0.4) is 0 Å². The van der Waals surface area contributed by atoms with Crippen molar-refractivity contribution in [2.45, 2.75) is 46.2 Å². The number of esters is 1. The van der Waals surface area contributed by atoms with Gasteiger partial charge in [0.25, 0.3) is 0 Å². The number of hydrogen-bond acceptors (Lipinski definition) is 5. The van der Waals surface area contributed by atoms with E-state index in [-0.39, 0.29) is 23.1 Å². The molecule has 0 fully saturated rings. The van der Waals surface area contributed by atoms with Gasteiger partial charge in [-0.3, -0.25) is 9.59 Å². The van der Waals surface area contributed by atoms with Crippen molar-refractivity contribution in [1.29, 1.82) is 0 Å². The molecule has 0 bridgehead atoms. The number of nitrogens with zero attached hydrogens (tertiary/aromatic N) is 1. The minimum absolute atomic E-state index is 0.0769. The molecule has 1 rings (SSSR count). The Morgan fingerprint density at radius 1 is 1.43 bits per heavy atom. The highest BCUT2D eigenvalue weighted by molar-refractivity contribution is 7.07. The zero-order valence-corrected chi connectivity index (χ0v) is 13.7. The second-order valence-corrected chi connectivity index (χ2v) is 6.14. The van der Waals surface area contributed by atoms with Crippen LogP contribution in [0.15, 0.2) is 10.2 Å². The van der Waals surface area contributed by atoms with Gasteiger partial charge in [0, 0.05) is 24.0 Å². The van der Waals surface area contributed by atoms with Crippen LogP contribution in [-0.2, 0) is 20.9 Å². The Morgan fingerprint density at radius 3 is 2.57 bits per heavy atom. The zero-order chi connectivity index (χ0) is 16.0. The maximum absolute atomic E-state index is 11.9. The summed E-state index contributed by atoms with van der Waals surface area (Å²) in [6.45, 7) is 6.08. The molecule has 1 aromatic rings. The van der Waals surface area contributed by atoms with Crippen LogP contribution in [0.5, 0.6) is 0 Å². The van der Waals surface area contributed by atoms with Crippen molar-refractivity contribution in [1.82, 2.24) is 9.88 Å². The molecule has 0 aromatic carbocycles. The summed E-state index contributed by atoms with van der Waals surface area (Å²) in [5.41, 5.74) is 0.837. The Hall–Kier alpha value is -1.63. The molecular formula is C14H22N2O4S. The molecule has 21 heavy (non-hydrogen) atoms. The summed E-state index contributed by atoms with van der Waals surface area (Å²) in [6, 6.07) is -0.636. The molecule has 0 unspecified atom stereocenters. The molecule has 6 nitrogen and oxygen atoms in total. The van der Waals surface area contributed by atoms with Crippen molar-refractivity contribution in [3.05, 3.63) is 20.7 Å². The highest BCUT2D eigenvalue weighted by Crippen LogP contribution is 2.07. The van der Waals surface area contributed by atoms with Gasteiger partial charge in [0.1, 0.15) is 6.04 Å². The number of amides is 1. The van der Waals surface area contributed by atoms with Crippen LogP contribution in [0.2, 0.25) is 0 Å². The molecule has 0 saturated heterocycles. The number of aromatic nitrogens is 1. The number of thiazole rings is 1. The minimum Gasteiger partial charge on any atom is -0.467 e. The van der Waals surface area contributed by atoms with Crippen LogP contribution in [-0.4, -0.2) is 29.6 Å². The number of carbonyl (C=O) groups excluding carboxylic acids is 2. The molecule has 1 atom stereocenters. The van der Waals surface area contributed by atoms with Crippen LogP contribution in [0.1, 0.15) is 32.4 Å². The number of hydrogen-bond donors (Lipinski definition) is 1. The third-order valence-electron chi connectivity index (χ3n) is 3.07. The Morgan fingerprint density at radius 2 is 2.10 bits per heavy atom. The first-order valence-electron chi connectivity index (χ1n) is 6.87. The van der Waals surface area contributed by atoms with E-state index in [2.05, 4.69) is 5.32 Å². The molecule has 1 N–H and O–H groups in total. The fourth-order valence-electron chi connectivity index (χ4n) is 1.98. The Bertz CT molecular complexity index is 547. The molecular weight excluding hydrogens is 292 g/mol. The van der Waals surface area contributed by atoms with Gasteiger partial charge < -0.3 is 14.6 Å². The first-order chi connectivity index (χ1) is 9.85. The van der Waals surface area contributed by atoms with Crippen LogP contribution < -0.4 is 10.2 Å². The van der Waals surface area contributed by atoms with E-state index >= 15 is 0 Å². The fourth-order valence-corrected chi connectivity index (χ4v) is 2.74. The average molecular weight is 314 g/mol. The molecule has 0 aliphatic rings. The molecule has 0 saturated carbocycles. The number of aryl methyl sites for hydroxylation is 1. The predicted molar refractivity (Wildman–Crippen MR) is 81.3 cm³/mol. The summed E-state index contributed by atoms with van der Waals surface area (Å²) in [4.78, 5) is 35.0. The quantitative estimate of drug-likeness (QED) is 0.770. The smallest absolute Gasteiger partial charge is 0.328 e. The molecule has 1 aromatic heterocycles. The molecule has 0 radical (unpaired) electrons. The van der Waals surface area contributed by atoms with Gasteiger partial charge in [-0.05, 0) is 19.3 Å². The van der Waals surface area contributed by atoms with Crippen LogP contribution in [0.4, 0.5) is 0 Å². The molecule has 0 aliphatic heterocycles. The van der Waals surface area contributed by atoms with E-state index in [0.29, 0.717) is 13.0 Å². The lowest BCUT2D eigenvalue weighted by Gasteiger charge is -2.18. The second kappa shape index (κ2) is 7.97. The molecule has 1 amide bonds. The van der Waals surface area contributed by atoms with E-state index in [4.69, 9.17) is 4.74 Å². The Kier molecular flexibility index (Phi) is 6.61. The molecule has 0 aliphatic carbocycles. The SMILES string of the molecule is COC(=O)[C@H](CC(C)C)NC(=O)CCn1c(C)csc1=O. The lowest BCUT2D eigenvalue weighted by Crippen LogP contribution is -2.42. The number of methoxy groups -OCH3 is 1. The lowest BCUT2D eigenvalue weighted by atomic mass is 10.0. The van der Waals surface area contributed by atoms with E-state index in [1.807, 2.05) is 20.8 Å². The maximum Gasteiger partial charge on any atom is 0.328 e. The molecule has 118 valence electrons. The topological polar surface area (TPSA) is 77.4 Å². The van der Waals surface area contributed by atoms with E-state index in [1.54, 1.807) is 9.95 Å².